The van der Waals surface area contributed by atoms with E-state index in [-0.39, 0.29) is 11.5 Å². The lowest BCUT2D eigenvalue weighted by molar-refractivity contribution is -0.117. The van der Waals surface area contributed by atoms with Gasteiger partial charge in [-0.3, -0.25) is 14.5 Å². The predicted molar refractivity (Wildman–Crippen MR) is 128 cm³/mol. The summed E-state index contributed by atoms with van der Waals surface area (Å²) in [7, 11) is 0. The van der Waals surface area contributed by atoms with Gasteiger partial charge in [0.1, 0.15) is 16.7 Å². The van der Waals surface area contributed by atoms with Crippen molar-refractivity contribution in [2.24, 2.45) is 0 Å². The van der Waals surface area contributed by atoms with Crippen molar-refractivity contribution in [3.63, 3.8) is 0 Å². The van der Waals surface area contributed by atoms with Crippen molar-refractivity contribution in [2.75, 3.05) is 10.2 Å². The molecule has 3 aromatic rings. The number of carbonyl (C=O) groups is 2. The van der Waals surface area contributed by atoms with Gasteiger partial charge in [0.15, 0.2) is 0 Å². The first-order chi connectivity index (χ1) is 15.6. The summed E-state index contributed by atoms with van der Waals surface area (Å²) < 4.78 is 0. The summed E-state index contributed by atoms with van der Waals surface area (Å²) in [6.45, 7) is 1.88. The number of hydrogen-bond donors (Lipinski definition) is 1. The second kappa shape index (κ2) is 9.54. The molecule has 1 aliphatic heterocycles. The molecule has 4 rings (SSSR count). The second-order valence-electron chi connectivity index (χ2n) is 7.37. The fourth-order valence-corrected chi connectivity index (χ4v) is 4.83. The Bertz CT molecular complexity index is 1220. The van der Waals surface area contributed by atoms with Crippen LogP contribution in [0.3, 0.4) is 0 Å². The molecular formula is C26H21N3O2S. The Morgan fingerprint density at radius 3 is 2.28 bits per heavy atom. The van der Waals surface area contributed by atoms with E-state index in [1.165, 1.54) is 16.7 Å². The predicted octanol–water partition coefficient (Wildman–Crippen LogP) is 5.06. The lowest BCUT2D eigenvalue weighted by Crippen LogP contribution is -2.30. The number of nitrogens with one attached hydrogen (secondary N) is 1. The normalized spacial score (nSPS) is 17.1. The minimum atomic E-state index is -0.529. The van der Waals surface area contributed by atoms with Gasteiger partial charge in [-0.05, 0) is 42.7 Å². The van der Waals surface area contributed by atoms with Crippen molar-refractivity contribution in [3.05, 3.63) is 107 Å². The fraction of sp³-hybridized carbons (Fsp3) is 0.115. The summed E-state index contributed by atoms with van der Waals surface area (Å²) in [6.07, 6.45) is 0.509. The summed E-state index contributed by atoms with van der Waals surface area (Å²) in [5, 5.41) is 12.7. The molecule has 1 N–H and O–H groups in total. The topological polar surface area (TPSA) is 73.2 Å². The van der Waals surface area contributed by atoms with Crippen LogP contribution in [-0.2, 0) is 16.0 Å². The molecule has 5 nitrogen and oxygen atoms in total. The van der Waals surface area contributed by atoms with Crippen LogP contribution in [0, 0.1) is 18.3 Å². The quantitative estimate of drug-likeness (QED) is 0.445. The van der Waals surface area contributed by atoms with Crippen LogP contribution in [0.4, 0.5) is 11.4 Å². The Balaban J connectivity index is 1.72. The molecule has 2 amide bonds. The van der Waals surface area contributed by atoms with Crippen LogP contribution in [0.2, 0.25) is 0 Å². The standard InChI is InChI=1S/C26H21N3O2S/c1-18-10-8-9-15-22(18)28-24(30)21(17-27)26-29(20-13-6-3-7-14-20)25(31)23(32-26)16-19-11-4-2-5-12-19/h2-15,23H,16H2,1H3,(H,28,30)/b26-21-. The Morgan fingerprint density at radius 2 is 1.62 bits per heavy atom. The molecule has 0 bridgehead atoms. The number of thioether (sulfide) groups is 1. The van der Waals surface area contributed by atoms with Crippen LogP contribution in [0.25, 0.3) is 0 Å². The van der Waals surface area contributed by atoms with E-state index in [1.807, 2.05) is 79.7 Å². The third-order valence-corrected chi connectivity index (χ3v) is 6.44. The van der Waals surface area contributed by atoms with Crippen LogP contribution in [0.1, 0.15) is 11.1 Å². The minimum absolute atomic E-state index is 0.0778. The first-order valence-corrected chi connectivity index (χ1v) is 11.1. The van der Waals surface area contributed by atoms with Crippen molar-refractivity contribution in [3.8, 4) is 6.07 Å². The molecule has 158 valence electrons. The zero-order chi connectivity index (χ0) is 22.5. The number of para-hydroxylation sites is 2. The summed E-state index contributed by atoms with van der Waals surface area (Å²) in [6, 6.07) is 28.3. The average Bonchev–Trinajstić information content (AvgIpc) is 3.12. The number of aryl methyl sites for hydroxylation is 1. The number of benzene rings is 3. The average molecular weight is 440 g/mol. The van der Waals surface area contributed by atoms with Gasteiger partial charge >= 0.3 is 0 Å². The van der Waals surface area contributed by atoms with E-state index in [0.29, 0.717) is 22.8 Å². The van der Waals surface area contributed by atoms with Crippen LogP contribution in [-0.4, -0.2) is 17.1 Å². The Labute approximate surface area is 191 Å². The highest BCUT2D eigenvalue weighted by molar-refractivity contribution is 8.05. The Morgan fingerprint density at radius 1 is 1.00 bits per heavy atom. The van der Waals surface area contributed by atoms with Crippen LogP contribution in [0.5, 0.6) is 0 Å². The maximum absolute atomic E-state index is 13.4. The molecule has 0 radical (unpaired) electrons. The number of rotatable bonds is 5. The molecule has 1 aliphatic rings. The zero-order valence-corrected chi connectivity index (χ0v) is 18.3. The highest BCUT2D eigenvalue weighted by Crippen LogP contribution is 2.42. The third-order valence-electron chi connectivity index (χ3n) is 5.18. The van der Waals surface area contributed by atoms with E-state index in [1.54, 1.807) is 18.2 Å². The highest BCUT2D eigenvalue weighted by Gasteiger charge is 2.40. The summed E-state index contributed by atoms with van der Waals surface area (Å²) in [5.74, 6) is -0.671. The molecule has 1 atom stereocenters. The van der Waals surface area contributed by atoms with Crippen molar-refractivity contribution >= 4 is 35.0 Å². The van der Waals surface area contributed by atoms with Gasteiger partial charge in [-0.25, -0.2) is 0 Å². The maximum Gasteiger partial charge on any atom is 0.269 e. The van der Waals surface area contributed by atoms with E-state index in [2.05, 4.69) is 5.32 Å². The van der Waals surface area contributed by atoms with E-state index < -0.39 is 11.2 Å². The van der Waals surface area contributed by atoms with E-state index in [9.17, 15) is 14.9 Å². The summed E-state index contributed by atoms with van der Waals surface area (Å²) in [5.41, 5.74) is 3.10. The highest BCUT2D eigenvalue weighted by atomic mass is 32.2. The molecule has 0 aromatic heterocycles. The molecule has 0 aliphatic carbocycles. The minimum Gasteiger partial charge on any atom is -0.321 e. The number of hydrogen-bond acceptors (Lipinski definition) is 4. The molecule has 32 heavy (non-hydrogen) atoms. The largest absolute Gasteiger partial charge is 0.321 e. The van der Waals surface area contributed by atoms with E-state index >= 15 is 0 Å². The zero-order valence-electron chi connectivity index (χ0n) is 17.5. The van der Waals surface area contributed by atoms with Crippen molar-refractivity contribution in [1.29, 1.82) is 5.26 Å². The van der Waals surface area contributed by atoms with Crippen LogP contribution < -0.4 is 10.2 Å². The van der Waals surface area contributed by atoms with E-state index in [4.69, 9.17) is 0 Å². The molecule has 1 fully saturated rings. The van der Waals surface area contributed by atoms with Gasteiger partial charge in [0, 0.05) is 11.4 Å². The van der Waals surface area contributed by atoms with Crippen LogP contribution in [0.15, 0.2) is 95.5 Å². The Hall–Kier alpha value is -3.82. The van der Waals surface area contributed by atoms with Gasteiger partial charge in [-0.1, -0.05) is 78.5 Å². The number of nitrogens with zero attached hydrogens (tertiary/aromatic N) is 2. The van der Waals surface area contributed by atoms with Crippen LogP contribution >= 0.6 is 11.8 Å². The number of carbonyl (C=O) groups excluding carboxylic acids is 2. The molecule has 6 heteroatoms. The maximum atomic E-state index is 13.4. The first-order valence-electron chi connectivity index (χ1n) is 10.2. The number of amides is 2. The molecule has 1 unspecified atom stereocenters. The number of anilines is 2. The second-order valence-corrected chi connectivity index (χ2v) is 8.56. The molecule has 1 saturated heterocycles. The SMILES string of the molecule is Cc1ccccc1NC(=O)/C(C#N)=C1\SC(Cc2ccccc2)C(=O)N1c1ccccc1. The first kappa shape index (κ1) is 21.4. The van der Waals surface area contributed by atoms with Gasteiger partial charge in [0.25, 0.3) is 5.91 Å². The van der Waals surface area contributed by atoms with Gasteiger partial charge in [-0.15, -0.1) is 0 Å². The molecule has 1 heterocycles. The number of nitriles is 1. The van der Waals surface area contributed by atoms with Crippen molar-refractivity contribution in [1.82, 2.24) is 0 Å². The Kier molecular flexibility index (Phi) is 6.39. The molecular weight excluding hydrogens is 418 g/mol. The fourth-order valence-electron chi connectivity index (χ4n) is 3.53. The van der Waals surface area contributed by atoms with Gasteiger partial charge in [-0.2, -0.15) is 5.26 Å². The van der Waals surface area contributed by atoms with Crippen molar-refractivity contribution < 1.29 is 9.59 Å². The lowest BCUT2D eigenvalue weighted by atomic mass is 10.1. The van der Waals surface area contributed by atoms with Gasteiger partial charge in [0.2, 0.25) is 5.91 Å². The molecule has 0 saturated carbocycles. The van der Waals surface area contributed by atoms with Gasteiger partial charge in [0.05, 0.1) is 5.25 Å². The summed E-state index contributed by atoms with van der Waals surface area (Å²) in [4.78, 5) is 28.0. The lowest BCUT2D eigenvalue weighted by Gasteiger charge is -2.18. The molecule has 0 spiro atoms. The summed E-state index contributed by atoms with van der Waals surface area (Å²) >= 11 is 1.26. The van der Waals surface area contributed by atoms with Gasteiger partial charge < -0.3 is 5.32 Å². The monoisotopic (exact) mass is 439 g/mol. The molecule has 3 aromatic carbocycles. The third kappa shape index (κ3) is 4.43. The van der Waals surface area contributed by atoms with Crippen molar-refractivity contribution in [2.45, 2.75) is 18.6 Å². The smallest absolute Gasteiger partial charge is 0.269 e. The van der Waals surface area contributed by atoms with E-state index in [0.717, 1.165) is 11.1 Å².